The average Bonchev–Trinajstić information content (AvgIpc) is 2.83. The lowest BCUT2D eigenvalue weighted by molar-refractivity contribution is -0.236. The van der Waals surface area contributed by atoms with Crippen LogP contribution in [0.1, 0.15) is 11.6 Å². The normalized spacial score (nSPS) is 27.1. The number of ether oxygens (including phenoxy) is 1. The van der Waals surface area contributed by atoms with Crippen molar-refractivity contribution in [2.45, 2.75) is 17.8 Å². The quantitative estimate of drug-likeness (QED) is 0.800. The zero-order valence-corrected chi connectivity index (χ0v) is 10.7. The molecule has 0 radical (unpaired) electrons. The van der Waals surface area contributed by atoms with Crippen molar-refractivity contribution in [3.8, 4) is 11.8 Å². The molecule has 2 aliphatic heterocycles. The Kier molecular flexibility index (Phi) is 2.90. The molecule has 0 aliphatic carbocycles. The summed E-state index contributed by atoms with van der Waals surface area (Å²) in [5, 5.41) is 9.25. The van der Waals surface area contributed by atoms with E-state index in [1.54, 1.807) is 18.2 Å². The number of nitriles is 1. The summed E-state index contributed by atoms with van der Waals surface area (Å²) in [4.78, 5) is 5.25. The molecule has 2 heterocycles. The van der Waals surface area contributed by atoms with Crippen LogP contribution in [0.25, 0.3) is 0 Å². The number of hydrogen-bond donors (Lipinski definition) is 0. The van der Waals surface area contributed by atoms with Crippen LogP contribution in [0, 0.1) is 11.3 Å². The van der Waals surface area contributed by atoms with Crippen LogP contribution in [-0.4, -0.2) is 29.4 Å². The Bertz CT molecular complexity index is 662. The minimum absolute atomic E-state index is 0.0808. The average molecular weight is 293 g/mol. The van der Waals surface area contributed by atoms with Gasteiger partial charge in [-0.3, -0.25) is 4.99 Å². The topological polar surface area (TPSA) is 48.6 Å². The Balaban J connectivity index is 2.16. The molecule has 1 aromatic carbocycles. The minimum atomic E-state index is -4.83. The second kappa shape index (κ2) is 4.52. The Morgan fingerprint density at radius 1 is 1.38 bits per heavy atom. The van der Waals surface area contributed by atoms with Crippen molar-refractivity contribution in [2.75, 3.05) is 6.54 Å². The van der Waals surface area contributed by atoms with Gasteiger partial charge in [0.2, 0.25) is 0 Å². The maximum absolute atomic E-state index is 13.6. The number of nitrogens with zero attached hydrogens (tertiary/aromatic N) is 3. The van der Waals surface area contributed by atoms with Gasteiger partial charge in [-0.1, -0.05) is 18.2 Å². The third-order valence-corrected chi connectivity index (χ3v) is 3.53. The molecule has 0 spiro atoms. The molecule has 0 fully saturated rings. The first-order valence-corrected chi connectivity index (χ1v) is 6.19. The van der Waals surface area contributed by atoms with Gasteiger partial charge in [0.05, 0.1) is 6.54 Å². The third-order valence-electron chi connectivity index (χ3n) is 3.53. The summed E-state index contributed by atoms with van der Waals surface area (Å²) in [6.07, 6.45) is -0.510. The Morgan fingerprint density at radius 3 is 2.76 bits per heavy atom. The monoisotopic (exact) mass is 293 g/mol. The van der Waals surface area contributed by atoms with E-state index in [9.17, 15) is 18.4 Å². The maximum atomic E-state index is 13.6. The van der Waals surface area contributed by atoms with E-state index in [-0.39, 0.29) is 12.3 Å². The van der Waals surface area contributed by atoms with E-state index >= 15 is 0 Å². The molecule has 0 N–H and O–H groups in total. The predicted molar refractivity (Wildman–Crippen MR) is 68.5 cm³/mol. The fraction of sp³-hybridized carbons (Fsp3) is 0.286. The summed E-state index contributed by atoms with van der Waals surface area (Å²) < 4.78 is 45.7. The summed E-state index contributed by atoms with van der Waals surface area (Å²) in [7, 11) is 0. The van der Waals surface area contributed by atoms with Crippen LogP contribution in [0.15, 0.2) is 41.7 Å². The van der Waals surface area contributed by atoms with Crippen molar-refractivity contribution in [1.29, 1.82) is 5.26 Å². The molecule has 21 heavy (non-hydrogen) atoms. The van der Waals surface area contributed by atoms with E-state index in [1.807, 2.05) is 0 Å². The van der Waals surface area contributed by atoms with E-state index < -0.39 is 17.8 Å². The molecule has 3 rings (SSSR count). The van der Waals surface area contributed by atoms with Gasteiger partial charge in [-0.25, -0.2) is 0 Å². The predicted octanol–water partition coefficient (Wildman–Crippen LogP) is 2.80. The van der Waals surface area contributed by atoms with Crippen molar-refractivity contribution < 1.29 is 17.9 Å². The molecular formula is C14H10F3N3O. The summed E-state index contributed by atoms with van der Waals surface area (Å²) in [6.45, 7) is 0.179. The molecule has 108 valence electrons. The molecule has 0 bridgehead atoms. The van der Waals surface area contributed by atoms with Gasteiger partial charge in [-0.15, -0.1) is 0 Å². The molecule has 1 aromatic rings. The first-order chi connectivity index (χ1) is 9.99. The lowest BCUT2D eigenvalue weighted by Crippen LogP contribution is -2.55. The van der Waals surface area contributed by atoms with Gasteiger partial charge in [-0.2, -0.15) is 18.4 Å². The zero-order chi connectivity index (χ0) is 15.1. The summed E-state index contributed by atoms with van der Waals surface area (Å²) >= 11 is 0. The standard InChI is InChI=1S/C14H10F3N3O/c15-14(16,17)13(9-18)12(20-7-5-19-6-8-20)10-3-1-2-4-11(10)21-13/h1-7,12H,8H2. The van der Waals surface area contributed by atoms with Crippen molar-refractivity contribution in [2.24, 2.45) is 4.99 Å². The van der Waals surface area contributed by atoms with Gasteiger partial charge >= 0.3 is 11.8 Å². The van der Waals surface area contributed by atoms with Gasteiger partial charge in [0.25, 0.3) is 0 Å². The molecule has 2 atom stereocenters. The van der Waals surface area contributed by atoms with Crippen molar-refractivity contribution in [3.63, 3.8) is 0 Å². The SMILES string of the molecule is N#CC1(C(F)(F)F)Oc2ccccc2C1N1C=CN=CC1. The van der Waals surface area contributed by atoms with Crippen molar-refractivity contribution in [1.82, 2.24) is 4.90 Å². The highest BCUT2D eigenvalue weighted by Gasteiger charge is 2.68. The molecule has 0 aromatic heterocycles. The van der Waals surface area contributed by atoms with Crippen LogP contribution >= 0.6 is 0 Å². The lowest BCUT2D eigenvalue weighted by atomic mass is 9.90. The second-order valence-electron chi connectivity index (χ2n) is 4.71. The number of fused-ring (bicyclic) bond motifs is 1. The van der Waals surface area contributed by atoms with Crippen LogP contribution in [-0.2, 0) is 0 Å². The van der Waals surface area contributed by atoms with Gasteiger partial charge in [-0.05, 0) is 6.07 Å². The summed E-state index contributed by atoms with van der Waals surface area (Å²) in [6, 6.07) is 6.27. The molecule has 2 unspecified atom stereocenters. The summed E-state index contributed by atoms with van der Waals surface area (Å²) in [5.74, 6) is 0.0808. The van der Waals surface area contributed by atoms with Crippen molar-refractivity contribution in [3.05, 3.63) is 42.2 Å². The smallest absolute Gasteiger partial charge is 0.444 e. The number of aliphatic imine (C=N–C) groups is 1. The number of hydrogen-bond acceptors (Lipinski definition) is 4. The zero-order valence-electron chi connectivity index (χ0n) is 10.7. The van der Waals surface area contributed by atoms with Crippen LogP contribution in [0.2, 0.25) is 0 Å². The molecule has 0 saturated heterocycles. The molecular weight excluding hydrogens is 283 g/mol. The molecule has 0 amide bonds. The highest BCUT2D eigenvalue weighted by Crippen LogP contribution is 2.53. The number of para-hydroxylation sites is 1. The molecule has 7 heteroatoms. The van der Waals surface area contributed by atoms with E-state index in [0.717, 1.165) is 0 Å². The Hall–Kier alpha value is -2.49. The van der Waals surface area contributed by atoms with Crippen LogP contribution in [0.3, 0.4) is 0 Å². The first kappa shape index (κ1) is 13.5. The Labute approximate surface area is 118 Å². The van der Waals surface area contributed by atoms with E-state index in [2.05, 4.69) is 4.99 Å². The van der Waals surface area contributed by atoms with E-state index in [1.165, 1.54) is 35.7 Å². The van der Waals surface area contributed by atoms with Gasteiger partial charge in [0, 0.05) is 24.2 Å². The van der Waals surface area contributed by atoms with Crippen LogP contribution < -0.4 is 4.74 Å². The highest BCUT2D eigenvalue weighted by molar-refractivity contribution is 5.62. The molecule has 0 saturated carbocycles. The van der Waals surface area contributed by atoms with Gasteiger partial charge < -0.3 is 9.64 Å². The number of alkyl halides is 3. The fourth-order valence-corrected chi connectivity index (χ4v) is 2.60. The van der Waals surface area contributed by atoms with E-state index in [4.69, 9.17) is 4.74 Å². The molecule has 2 aliphatic rings. The van der Waals surface area contributed by atoms with Gasteiger partial charge in [0.1, 0.15) is 17.9 Å². The van der Waals surface area contributed by atoms with Crippen LogP contribution in [0.5, 0.6) is 5.75 Å². The molecule has 4 nitrogen and oxygen atoms in total. The van der Waals surface area contributed by atoms with Crippen molar-refractivity contribution >= 4 is 6.21 Å². The maximum Gasteiger partial charge on any atom is 0.444 e. The highest BCUT2D eigenvalue weighted by atomic mass is 19.4. The Morgan fingerprint density at radius 2 is 2.14 bits per heavy atom. The first-order valence-electron chi connectivity index (χ1n) is 6.19. The van der Waals surface area contributed by atoms with Gasteiger partial charge in [0.15, 0.2) is 0 Å². The van der Waals surface area contributed by atoms with E-state index in [0.29, 0.717) is 5.56 Å². The second-order valence-corrected chi connectivity index (χ2v) is 4.71. The number of halogens is 3. The minimum Gasteiger partial charge on any atom is -0.460 e. The lowest BCUT2D eigenvalue weighted by Gasteiger charge is -2.36. The fourth-order valence-electron chi connectivity index (χ4n) is 2.60. The largest absolute Gasteiger partial charge is 0.460 e. The summed E-state index contributed by atoms with van der Waals surface area (Å²) in [5.41, 5.74) is -2.58. The number of benzene rings is 1. The number of rotatable bonds is 1. The van der Waals surface area contributed by atoms with Crippen LogP contribution in [0.4, 0.5) is 13.2 Å². The third kappa shape index (κ3) is 1.87.